The lowest BCUT2D eigenvalue weighted by Crippen LogP contribution is -2.36. The largest absolute Gasteiger partial charge is 0.327 e. The first-order valence-electron chi connectivity index (χ1n) is 4.92. The highest BCUT2D eigenvalue weighted by Crippen LogP contribution is 2.33. The van der Waals surface area contributed by atoms with Gasteiger partial charge in [0.05, 0.1) is 0 Å². The number of hydrogen-bond acceptors (Lipinski definition) is 2. The summed E-state index contributed by atoms with van der Waals surface area (Å²) in [6.45, 7) is 4.48. The van der Waals surface area contributed by atoms with Gasteiger partial charge in [0.25, 0.3) is 0 Å². The van der Waals surface area contributed by atoms with Crippen LogP contribution in [0.2, 0.25) is 0 Å². The van der Waals surface area contributed by atoms with Crippen LogP contribution in [0.5, 0.6) is 0 Å². The Morgan fingerprint density at radius 2 is 2.33 bits per heavy atom. The first kappa shape index (κ1) is 8.27. The summed E-state index contributed by atoms with van der Waals surface area (Å²) in [6.07, 6.45) is 5.88. The number of allylic oxidation sites excluding steroid dienone is 1. The Labute approximate surface area is 74.2 Å². The molecule has 0 spiro atoms. The summed E-state index contributed by atoms with van der Waals surface area (Å²) < 4.78 is 0. The van der Waals surface area contributed by atoms with Crippen molar-refractivity contribution in [3.05, 3.63) is 12.2 Å². The normalized spacial score (nSPS) is 42.7. The van der Waals surface area contributed by atoms with E-state index in [-0.39, 0.29) is 0 Å². The molecule has 1 heterocycles. The van der Waals surface area contributed by atoms with Crippen molar-refractivity contribution in [3.63, 3.8) is 0 Å². The van der Waals surface area contributed by atoms with Crippen molar-refractivity contribution in [1.29, 1.82) is 0 Å². The molecule has 0 aromatic carbocycles. The monoisotopic (exact) mass is 166 g/mol. The van der Waals surface area contributed by atoms with Gasteiger partial charge in [0.15, 0.2) is 0 Å². The average molecular weight is 166 g/mol. The number of nitrogens with two attached hydrogens (primary N) is 1. The van der Waals surface area contributed by atoms with Crippen molar-refractivity contribution in [2.45, 2.75) is 19.4 Å². The van der Waals surface area contributed by atoms with Gasteiger partial charge in [-0.2, -0.15) is 0 Å². The first-order valence-corrected chi connectivity index (χ1v) is 4.92. The van der Waals surface area contributed by atoms with E-state index in [1.54, 1.807) is 0 Å². The average Bonchev–Trinajstić information content (AvgIpc) is 2.49. The summed E-state index contributed by atoms with van der Waals surface area (Å²) in [5.41, 5.74) is 5.94. The molecule has 0 radical (unpaired) electrons. The highest BCUT2D eigenvalue weighted by molar-refractivity contribution is 5.06. The molecule has 1 saturated heterocycles. The predicted molar refractivity (Wildman–Crippen MR) is 50.7 cm³/mol. The van der Waals surface area contributed by atoms with E-state index >= 15 is 0 Å². The van der Waals surface area contributed by atoms with Crippen LogP contribution in [-0.4, -0.2) is 19.1 Å². The van der Waals surface area contributed by atoms with Gasteiger partial charge in [0, 0.05) is 6.04 Å². The Hall–Kier alpha value is -0.340. The molecule has 4 unspecified atom stereocenters. The molecule has 0 aromatic rings. The highest BCUT2D eigenvalue weighted by atomic mass is 14.9. The van der Waals surface area contributed by atoms with E-state index in [0.29, 0.717) is 12.0 Å². The maximum absolute atomic E-state index is 5.94. The second-order valence-corrected chi connectivity index (χ2v) is 4.18. The fraction of sp³-hybridized carbons (Fsp3) is 0.800. The molecule has 2 nitrogen and oxygen atoms in total. The molecule has 4 atom stereocenters. The number of nitrogens with one attached hydrogen (secondary N) is 1. The van der Waals surface area contributed by atoms with Gasteiger partial charge in [0.1, 0.15) is 0 Å². The zero-order chi connectivity index (χ0) is 8.55. The minimum absolute atomic E-state index is 0.314. The van der Waals surface area contributed by atoms with Gasteiger partial charge in [-0.05, 0) is 44.2 Å². The zero-order valence-electron chi connectivity index (χ0n) is 7.66. The third-order valence-electron chi connectivity index (χ3n) is 3.29. The van der Waals surface area contributed by atoms with Crippen molar-refractivity contribution < 1.29 is 0 Å². The minimum atomic E-state index is 0.314. The van der Waals surface area contributed by atoms with Gasteiger partial charge >= 0.3 is 0 Å². The summed E-state index contributed by atoms with van der Waals surface area (Å²) in [5, 5.41) is 3.45. The number of rotatable bonds is 1. The van der Waals surface area contributed by atoms with Crippen molar-refractivity contribution in [1.82, 2.24) is 5.32 Å². The van der Waals surface area contributed by atoms with Gasteiger partial charge in [-0.15, -0.1) is 0 Å². The van der Waals surface area contributed by atoms with Crippen LogP contribution >= 0.6 is 0 Å². The molecular formula is C10H18N2. The van der Waals surface area contributed by atoms with Crippen LogP contribution in [0.3, 0.4) is 0 Å². The highest BCUT2D eigenvalue weighted by Gasteiger charge is 2.35. The Balaban J connectivity index is 2.12. The van der Waals surface area contributed by atoms with Crippen molar-refractivity contribution >= 4 is 0 Å². The Morgan fingerprint density at radius 1 is 1.50 bits per heavy atom. The molecule has 12 heavy (non-hydrogen) atoms. The molecule has 0 bridgehead atoms. The number of fused-ring (bicyclic) bond motifs is 1. The molecule has 2 heteroatoms. The predicted octanol–water partition coefficient (Wildman–Crippen LogP) is 0.745. The molecule has 1 fully saturated rings. The molecule has 0 saturated carbocycles. The van der Waals surface area contributed by atoms with Crippen LogP contribution in [0, 0.1) is 17.8 Å². The van der Waals surface area contributed by atoms with Crippen molar-refractivity contribution in [2.24, 2.45) is 23.5 Å². The van der Waals surface area contributed by atoms with E-state index in [1.807, 2.05) is 0 Å². The van der Waals surface area contributed by atoms with Crippen LogP contribution in [0.4, 0.5) is 0 Å². The molecule has 1 aliphatic heterocycles. The van der Waals surface area contributed by atoms with Gasteiger partial charge in [-0.1, -0.05) is 12.2 Å². The van der Waals surface area contributed by atoms with Crippen LogP contribution < -0.4 is 11.1 Å². The molecule has 0 amide bonds. The Bertz CT molecular complexity index is 186. The fourth-order valence-electron chi connectivity index (χ4n) is 2.58. The van der Waals surface area contributed by atoms with Gasteiger partial charge in [-0.3, -0.25) is 0 Å². The van der Waals surface area contributed by atoms with Crippen LogP contribution in [0.1, 0.15) is 13.3 Å². The van der Waals surface area contributed by atoms with E-state index in [9.17, 15) is 0 Å². The molecule has 3 N–H and O–H groups in total. The topological polar surface area (TPSA) is 38.0 Å². The summed E-state index contributed by atoms with van der Waals surface area (Å²) in [5.74, 6) is 2.26. The van der Waals surface area contributed by atoms with Crippen LogP contribution in [0.15, 0.2) is 12.2 Å². The SMILES string of the molecule is CC(N)C1C=CCC2CNCC21. The second kappa shape index (κ2) is 3.19. The summed E-state index contributed by atoms with van der Waals surface area (Å²) in [6, 6.07) is 0.314. The van der Waals surface area contributed by atoms with Crippen LogP contribution in [0.25, 0.3) is 0 Å². The molecule has 68 valence electrons. The smallest absolute Gasteiger partial charge is 0.00766 e. The lowest BCUT2D eigenvalue weighted by atomic mass is 9.75. The third-order valence-corrected chi connectivity index (χ3v) is 3.29. The molecule has 1 aliphatic carbocycles. The van der Waals surface area contributed by atoms with Gasteiger partial charge in [-0.25, -0.2) is 0 Å². The summed E-state index contributed by atoms with van der Waals surface area (Å²) in [7, 11) is 0. The quantitative estimate of drug-likeness (QED) is 0.564. The maximum Gasteiger partial charge on any atom is 0.00766 e. The lowest BCUT2D eigenvalue weighted by molar-refractivity contribution is 0.283. The molecule has 2 rings (SSSR count). The fourth-order valence-corrected chi connectivity index (χ4v) is 2.58. The summed E-state index contributed by atoms with van der Waals surface area (Å²) >= 11 is 0. The maximum atomic E-state index is 5.94. The Kier molecular flexibility index (Phi) is 2.20. The van der Waals surface area contributed by atoms with E-state index in [1.165, 1.54) is 19.5 Å². The van der Waals surface area contributed by atoms with Crippen molar-refractivity contribution in [3.8, 4) is 0 Å². The number of hydrogen-bond donors (Lipinski definition) is 2. The standard InChI is InChI=1S/C10H18N2/c1-7(11)9-4-2-3-8-5-12-6-10(8)9/h2,4,7-10,12H,3,5-6,11H2,1H3. The second-order valence-electron chi connectivity index (χ2n) is 4.18. The van der Waals surface area contributed by atoms with E-state index in [4.69, 9.17) is 5.73 Å². The molecular weight excluding hydrogens is 148 g/mol. The Morgan fingerprint density at radius 3 is 3.08 bits per heavy atom. The lowest BCUT2D eigenvalue weighted by Gasteiger charge is -2.31. The van der Waals surface area contributed by atoms with Gasteiger partial charge in [0.2, 0.25) is 0 Å². The van der Waals surface area contributed by atoms with E-state index < -0.39 is 0 Å². The van der Waals surface area contributed by atoms with E-state index in [2.05, 4.69) is 24.4 Å². The molecule has 2 aliphatic rings. The van der Waals surface area contributed by atoms with Crippen molar-refractivity contribution in [2.75, 3.05) is 13.1 Å². The van der Waals surface area contributed by atoms with Crippen LogP contribution in [-0.2, 0) is 0 Å². The first-order chi connectivity index (χ1) is 5.79. The van der Waals surface area contributed by atoms with Gasteiger partial charge < -0.3 is 11.1 Å². The zero-order valence-corrected chi connectivity index (χ0v) is 7.66. The summed E-state index contributed by atoms with van der Waals surface area (Å²) in [4.78, 5) is 0. The third kappa shape index (κ3) is 1.29. The molecule has 0 aromatic heterocycles. The minimum Gasteiger partial charge on any atom is -0.327 e. The van der Waals surface area contributed by atoms with E-state index in [0.717, 1.165) is 11.8 Å².